The van der Waals surface area contributed by atoms with E-state index in [1.807, 2.05) is 26.0 Å². The Morgan fingerprint density at radius 3 is 2.40 bits per heavy atom. The third kappa shape index (κ3) is 5.65. The first-order chi connectivity index (χ1) is 11.8. The number of aromatic nitrogens is 1. The summed E-state index contributed by atoms with van der Waals surface area (Å²) in [5.74, 6) is -0.208. The van der Waals surface area contributed by atoms with Gasteiger partial charge in [-0.15, -0.1) is 0 Å². The maximum Gasteiger partial charge on any atom is 0.251 e. The second kappa shape index (κ2) is 8.22. The van der Waals surface area contributed by atoms with Gasteiger partial charge in [-0.3, -0.25) is 9.78 Å². The molecule has 6 nitrogen and oxygen atoms in total. The maximum absolute atomic E-state index is 12.2. The first-order valence-electron chi connectivity index (χ1n) is 7.97. The van der Waals surface area contributed by atoms with Crippen molar-refractivity contribution in [1.82, 2.24) is 14.6 Å². The Hall–Kier alpha value is -2.25. The van der Waals surface area contributed by atoms with Crippen LogP contribution in [0.2, 0.25) is 0 Å². The number of rotatable bonds is 7. The molecule has 2 aromatic rings. The van der Waals surface area contributed by atoms with Crippen molar-refractivity contribution >= 4 is 15.9 Å². The Kier molecular flexibility index (Phi) is 6.27. The highest BCUT2D eigenvalue weighted by molar-refractivity contribution is 7.88. The lowest BCUT2D eigenvalue weighted by atomic mass is 10.1. The van der Waals surface area contributed by atoms with Crippen molar-refractivity contribution < 1.29 is 13.2 Å². The van der Waals surface area contributed by atoms with E-state index in [-0.39, 0.29) is 25.5 Å². The Morgan fingerprint density at radius 2 is 1.80 bits per heavy atom. The van der Waals surface area contributed by atoms with Gasteiger partial charge in [-0.25, -0.2) is 8.42 Å². The zero-order valence-corrected chi connectivity index (χ0v) is 15.5. The predicted molar refractivity (Wildman–Crippen MR) is 97.7 cm³/mol. The molecule has 0 fully saturated rings. The molecule has 1 amide bonds. The van der Waals surface area contributed by atoms with Crippen LogP contribution in [0.15, 0.2) is 42.7 Å². The fourth-order valence-corrected chi connectivity index (χ4v) is 3.14. The molecule has 2 rings (SSSR count). The molecule has 134 valence electrons. The molecular formula is C18H23N3O3S. The Labute approximate surface area is 148 Å². The van der Waals surface area contributed by atoms with Crippen LogP contribution in [0, 0.1) is 13.8 Å². The molecule has 1 heterocycles. The predicted octanol–water partition coefficient (Wildman–Crippen LogP) is 1.89. The van der Waals surface area contributed by atoms with E-state index < -0.39 is 10.0 Å². The van der Waals surface area contributed by atoms with E-state index in [2.05, 4.69) is 10.3 Å². The quantitative estimate of drug-likeness (QED) is 0.817. The van der Waals surface area contributed by atoms with Crippen LogP contribution >= 0.6 is 0 Å². The van der Waals surface area contributed by atoms with E-state index in [0.29, 0.717) is 5.56 Å². The average molecular weight is 361 g/mol. The summed E-state index contributed by atoms with van der Waals surface area (Å²) >= 11 is 0. The van der Waals surface area contributed by atoms with Crippen LogP contribution in [-0.4, -0.2) is 43.0 Å². The number of nitrogens with zero attached hydrogens (tertiary/aromatic N) is 2. The van der Waals surface area contributed by atoms with Crippen LogP contribution in [0.1, 0.15) is 27.0 Å². The summed E-state index contributed by atoms with van der Waals surface area (Å²) in [5, 5.41) is 2.78. The number of aryl methyl sites for hydroxylation is 2. The largest absolute Gasteiger partial charge is 0.351 e. The van der Waals surface area contributed by atoms with Crippen molar-refractivity contribution in [2.24, 2.45) is 0 Å². The monoisotopic (exact) mass is 361 g/mol. The molecule has 1 N–H and O–H groups in total. The van der Waals surface area contributed by atoms with Gasteiger partial charge in [-0.05, 0) is 54.8 Å². The smallest absolute Gasteiger partial charge is 0.251 e. The van der Waals surface area contributed by atoms with Gasteiger partial charge in [0, 0.05) is 37.6 Å². The SMILES string of the molecule is Cc1ccc(C(=O)NCCN(Cc2ccncc2)S(C)(=O)=O)cc1C. The number of pyridine rings is 1. The molecule has 0 radical (unpaired) electrons. The van der Waals surface area contributed by atoms with Gasteiger partial charge in [0.2, 0.25) is 10.0 Å². The zero-order valence-electron chi connectivity index (χ0n) is 14.7. The summed E-state index contributed by atoms with van der Waals surface area (Å²) in [6.07, 6.45) is 4.41. The number of carbonyl (C=O) groups excluding carboxylic acids is 1. The van der Waals surface area contributed by atoms with Gasteiger partial charge < -0.3 is 5.32 Å². The minimum absolute atomic E-state index is 0.206. The van der Waals surface area contributed by atoms with Crippen LogP contribution in [0.3, 0.4) is 0 Å². The standard InChI is InChI=1S/C18H23N3O3S/c1-14-4-5-17(12-15(14)2)18(22)20-10-11-21(25(3,23)24)13-16-6-8-19-9-7-16/h4-9,12H,10-11,13H2,1-3H3,(H,20,22). The van der Waals surface area contributed by atoms with Gasteiger partial charge in [0.15, 0.2) is 0 Å². The van der Waals surface area contributed by atoms with Crippen LogP contribution < -0.4 is 5.32 Å². The van der Waals surface area contributed by atoms with E-state index in [0.717, 1.165) is 16.7 Å². The second-order valence-electron chi connectivity index (χ2n) is 6.01. The average Bonchev–Trinajstić information content (AvgIpc) is 2.56. The lowest BCUT2D eigenvalue weighted by Crippen LogP contribution is -2.37. The molecule has 0 aliphatic heterocycles. The molecule has 0 bridgehead atoms. The number of sulfonamides is 1. The number of benzene rings is 1. The number of carbonyl (C=O) groups is 1. The first kappa shape index (κ1) is 19.1. The third-order valence-electron chi connectivity index (χ3n) is 3.99. The normalized spacial score (nSPS) is 11.5. The van der Waals surface area contributed by atoms with Gasteiger partial charge in [-0.2, -0.15) is 4.31 Å². The van der Waals surface area contributed by atoms with Crippen molar-refractivity contribution in [2.75, 3.05) is 19.3 Å². The molecule has 1 aromatic heterocycles. The molecule has 0 unspecified atom stereocenters. The number of amides is 1. The second-order valence-corrected chi connectivity index (χ2v) is 7.99. The highest BCUT2D eigenvalue weighted by Gasteiger charge is 2.17. The van der Waals surface area contributed by atoms with E-state index >= 15 is 0 Å². The Balaban J connectivity index is 1.96. The summed E-state index contributed by atoms with van der Waals surface area (Å²) in [5.41, 5.74) is 3.59. The number of hydrogen-bond donors (Lipinski definition) is 1. The minimum Gasteiger partial charge on any atom is -0.351 e. The molecule has 1 aromatic carbocycles. The molecule has 0 saturated heterocycles. The van der Waals surface area contributed by atoms with E-state index in [9.17, 15) is 13.2 Å². The third-order valence-corrected chi connectivity index (χ3v) is 5.24. The minimum atomic E-state index is -3.38. The molecule has 0 aliphatic carbocycles. The van der Waals surface area contributed by atoms with Gasteiger partial charge in [0.05, 0.1) is 6.26 Å². The fraction of sp³-hybridized carbons (Fsp3) is 0.333. The summed E-state index contributed by atoms with van der Waals surface area (Å²) in [6, 6.07) is 9.03. The molecule has 0 aliphatic rings. The van der Waals surface area contributed by atoms with Crippen molar-refractivity contribution in [3.8, 4) is 0 Å². The maximum atomic E-state index is 12.2. The van der Waals surface area contributed by atoms with Gasteiger partial charge in [0.1, 0.15) is 0 Å². The lowest BCUT2D eigenvalue weighted by Gasteiger charge is -2.20. The van der Waals surface area contributed by atoms with Gasteiger partial charge >= 0.3 is 0 Å². The zero-order chi connectivity index (χ0) is 18.4. The molecular weight excluding hydrogens is 338 g/mol. The topological polar surface area (TPSA) is 79.4 Å². The molecule has 7 heteroatoms. The summed E-state index contributed by atoms with van der Waals surface area (Å²) in [4.78, 5) is 16.1. The van der Waals surface area contributed by atoms with Crippen molar-refractivity contribution in [3.63, 3.8) is 0 Å². The van der Waals surface area contributed by atoms with Crippen LogP contribution in [0.5, 0.6) is 0 Å². The molecule has 25 heavy (non-hydrogen) atoms. The lowest BCUT2D eigenvalue weighted by molar-refractivity contribution is 0.0951. The Morgan fingerprint density at radius 1 is 1.12 bits per heavy atom. The molecule has 0 spiro atoms. The first-order valence-corrected chi connectivity index (χ1v) is 9.81. The van der Waals surface area contributed by atoms with Crippen LogP contribution in [0.25, 0.3) is 0 Å². The van der Waals surface area contributed by atoms with E-state index in [1.165, 1.54) is 10.6 Å². The van der Waals surface area contributed by atoms with Crippen LogP contribution in [0.4, 0.5) is 0 Å². The van der Waals surface area contributed by atoms with Crippen LogP contribution in [-0.2, 0) is 16.6 Å². The summed E-state index contributed by atoms with van der Waals surface area (Å²) in [6.45, 7) is 4.63. The van der Waals surface area contributed by atoms with Crippen molar-refractivity contribution in [1.29, 1.82) is 0 Å². The van der Waals surface area contributed by atoms with Gasteiger partial charge in [-0.1, -0.05) is 6.07 Å². The Bertz CT molecular complexity index is 836. The number of hydrogen-bond acceptors (Lipinski definition) is 4. The van der Waals surface area contributed by atoms with Gasteiger partial charge in [0.25, 0.3) is 5.91 Å². The fourth-order valence-electron chi connectivity index (χ4n) is 2.33. The van der Waals surface area contributed by atoms with E-state index in [1.54, 1.807) is 30.6 Å². The highest BCUT2D eigenvalue weighted by Crippen LogP contribution is 2.10. The summed E-state index contributed by atoms with van der Waals surface area (Å²) in [7, 11) is -3.38. The molecule has 0 saturated carbocycles. The van der Waals surface area contributed by atoms with Crippen molar-refractivity contribution in [3.05, 3.63) is 65.0 Å². The summed E-state index contributed by atoms with van der Waals surface area (Å²) < 4.78 is 25.3. The highest BCUT2D eigenvalue weighted by atomic mass is 32.2. The number of nitrogens with one attached hydrogen (secondary N) is 1. The van der Waals surface area contributed by atoms with Crippen molar-refractivity contribution in [2.45, 2.75) is 20.4 Å². The molecule has 0 atom stereocenters. The van der Waals surface area contributed by atoms with E-state index in [4.69, 9.17) is 0 Å².